The summed E-state index contributed by atoms with van der Waals surface area (Å²) in [4.78, 5) is 26.3. The molecule has 2 aromatic carbocycles. The number of carbonyl (C=O) groups is 1. The van der Waals surface area contributed by atoms with Crippen LogP contribution >= 0.6 is 0 Å². The van der Waals surface area contributed by atoms with Crippen LogP contribution in [0.15, 0.2) is 63.8 Å². The molecule has 0 aliphatic carbocycles. The van der Waals surface area contributed by atoms with E-state index in [9.17, 15) is 9.59 Å². The van der Waals surface area contributed by atoms with E-state index in [-0.39, 0.29) is 5.91 Å². The van der Waals surface area contributed by atoms with E-state index in [0.29, 0.717) is 17.9 Å². The first-order valence-electron chi connectivity index (χ1n) is 9.66. The van der Waals surface area contributed by atoms with Crippen molar-refractivity contribution in [2.45, 2.75) is 19.4 Å². The van der Waals surface area contributed by atoms with Crippen LogP contribution in [-0.2, 0) is 4.79 Å². The zero-order valence-corrected chi connectivity index (χ0v) is 17.0. The Morgan fingerprint density at radius 3 is 2.62 bits per heavy atom. The molecule has 1 atom stereocenters. The average Bonchev–Trinajstić information content (AvgIpc) is 2.70. The molecule has 1 amide bonds. The van der Waals surface area contributed by atoms with Crippen LogP contribution in [0.5, 0.6) is 5.75 Å². The Hall–Kier alpha value is -3.12. The number of ether oxygens (including phenoxy) is 1. The van der Waals surface area contributed by atoms with Crippen molar-refractivity contribution in [3.05, 3.63) is 65.0 Å². The highest BCUT2D eigenvalue weighted by Crippen LogP contribution is 2.29. The second-order valence-corrected chi connectivity index (χ2v) is 7.21. The van der Waals surface area contributed by atoms with Crippen LogP contribution in [0, 0.1) is 0 Å². The molecule has 0 fully saturated rings. The van der Waals surface area contributed by atoms with E-state index in [4.69, 9.17) is 9.15 Å². The summed E-state index contributed by atoms with van der Waals surface area (Å²) in [7, 11) is 3.99. The highest BCUT2D eigenvalue weighted by atomic mass is 16.5. The number of hydrogen-bond acceptors (Lipinski definition) is 5. The predicted molar refractivity (Wildman–Crippen MR) is 114 cm³/mol. The molecular weight excluding hydrogens is 368 g/mol. The van der Waals surface area contributed by atoms with Crippen molar-refractivity contribution < 1.29 is 13.9 Å². The molecule has 152 valence electrons. The third-order valence-electron chi connectivity index (χ3n) is 4.56. The van der Waals surface area contributed by atoms with Crippen molar-refractivity contribution in [3.8, 4) is 16.9 Å². The molecule has 3 aromatic rings. The van der Waals surface area contributed by atoms with Crippen LogP contribution < -0.4 is 15.7 Å². The molecule has 0 bridgehead atoms. The molecule has 29 heavy (non-hydrogen) atoms. The zero-order valence-electron chi connectivity index (χ0n) is 17.0. The van der Waals surface area contributed by atoms with Crippen LogP contribution in [0.2, 0.25) is 0 Å². The molecule has 0 saturated carbocycles. The first-order chi connectivity index (χ1) is 13.9. The predicted octanol–water partition coefficient (Wildman–Crippen LogP) is 3.30. The van der Waals surface area contributed by atoms with Crippen molar-refractivity contribution >= 4 is 16.9 Å². The Morgan fingerprint density at radius 2 is 1.90 bits per heavy atom. The van der Waals surface area contributed by atoms with Crippen LogP contribution in [0.1, 0.15) is 13.3 Å². The van der Waals surface area contributed by atoms with Gasteiger partial charge in [0.15, 0.2) is 6.10 Å². The minimum Gasteiger partial charge on any atom is -0.481 e. The lowest BCUT2D eigenvalue weighted by Gasteiger charge is -2.16. The van der Waals surface area contributed by atoms with Crippen molar-refractivity contribution in [1.82, 2.24) is 10.2 Å². The minimum absolute atomic E-state index is 0.177. The lowest BCUT2D eigenvalue weighted by atomic mass is 10.0. The number of nitrogens with zero attached hydrogens (tertiary/aromatic N) is 1. The van der Waals surface area contributed by atoms with Crippen LogP contribution in [0.4, 0.5) is 0 Å². The minimum atomic E-state index is -0.657. The molecule has 0 aliphatic heterocycles. The third-order valence-corrected chi connectivity index (χ3v) is 4.56. The van der Waals surface area contributed by atoms with Gasteiger partial charge in [0, 0.05) is 24.1 Å². The van der Waals surface area contributed by atoms with Gasteiger partial charge in [0.2, 0.25) is 0 Å². The lowest BCUT2D eigenvalue weighted by Crippen LogP contribution is -2.37. The molecule has 6 nitrogen and oxygen atoms in total. The lowest BCUT2D eigenvalue weighted by molar-refractivity contribution is -0.127. The van der Waals surface area contributed by atoms with Gasteiger partial charge in [0.25, 0.3) is 5.91 Å². The Kier molecular flexibility index (Phi) is 6.67. The summed E-state index contributed by atoms with van der Waals surface area (Å²) >= 11 is 0. The molecule has 1 N–H and O–H groups in total. The molecule has 6 heteroatoms. The third kappa shape index (κ3) is 5.45. The van der Waals surface area contributed by atoms with E-state index in [2.05, 4.69) is 10.2 Å². The van der Waals surface area contributed by atoms with Gasteiger partial charge in [-0.1, -0.05) is 30.3 Å². The normalized spacial score (nSPS) is 12.1. The largest absolute Gasteiger partial charge is 0.481 e. The highest BCUT2D eigenvalue weighted by Gasteiger charge is 2.15. The topological polar surface area (TPSA) is 71.8 Å². The van der Waals surface area contributed by atoms with E-state index < -0.39 is 11.7 Å². The molecule has 0 spiro atoms. The molecule has 1 unspecified atom stereocenters. The van der Waals surface area contributed by atoms with Crippen LogP contribution in [0.3, 0.4) is 0 Å². The van der Waals surface area contributed by atoms with E-state index in [1.807, 2.05) is 50.5 Å². The smallest absolute Gasteiger partial charge is 0.336 e. The van der Waals surface area contributed by atoms with Crippen molar-refractivity contribution in [1.29, 1.82) is 0 Å². The van der Waals surface area contributed by atoms with Gasteiger partial charge in [-0.25, -0.2) is 4.79 Å². The fourth-order valence-corrected chi connectivity index (χ4v) is 3.08. The molecule has 0 radical (unpaired) electrons. The molecule has 0 saturated heterocycles. The zero-order chi connectivity index (χ0) is 20.8. The molecule has 3 rings (SSSR count). The standard InChI is InChI=1S/C23H26N2O4/c1-16(23(27)24-12-7-13-25(2)3)28-18-10-11-19-20(17-8-5-4-6-9-17)15-22(26)29-21(19)14-18/h4-6,8-11,14-16H,7,12-13H2,1-3H3,(H,24,27). The average molecular weight is 394 g/mol. The quantitative estimate of drug-likeness (QED) is 0.469. The molecule has 0 aliphatic rings. The van der Waals surface area contributed by atoms with E-state index in [0.717, 1.165) is 29.5 Å². The fraction of sp³-hybridized carbons (Fsp3) is 0.304. The first-order valence-corrected chi connectivity index (χ1v) is 9.66. The van der Waals surface area contributed by atoms with Gasteiger partial charge in [-0.2, -0.15) is 0 Å². The number of carbonyl (C=O) groups excluding carboxylic acids is 1. The number of rotatable bonds is 8. The Bertz CT molecular complexity index is 1030. The summed E-state index contributed by atoms with van der Waals surface area (Å²) in [6.07, 6.45) is 0.213. The van der Waals surface area contributed by atoms with Gasteiger partial charge in [-0.3, -0.25) is 4.79 Å². The van der Waals surface area contributed by atoms with Gasteiger partial charge in [0.05, 0.1) is 0 Å². The summed E-state index contributed by atoms with van der Waals surface area (Å²) in [5.41, 5.74) is 1.73. The van der Waals surface area contributed by atoms with Gasteiger partial charge in [-0.05, 0) is 57.2 Å². The molecule has 1 heterocycles. The Balaban J connectivity index is 1.75. The second kappa shape index (κ2) is 9.39. The molecule has 1 aromatic heterocycles. The monoisotopic (exact) mass is 394 g/mol. The Morgan fingerprint density at radius 1 is 1.14 bits per heavy atom. The van der Waals surface area contributed by atoms with Gasteiger partial charge in [0.1, 0.15) is 11.3 Å². The maximum absolute atomic E-state index is 12.2. The number of hydrogen-bond donors (Lipinski definition) is 1. The van der Waals surface area contributed by atoms with Crippen molar-refractivity contribution in [2.24, 2.45) is 0 Å². The van der Waals surface area contributed by atoms with Crippen LogP contribution in [0.25, 0.3) is 22.1 Å². The summed E-state index contributed by atoms with van der Waals surface area (Å²) < 4.78 is 11.1. The highest BCUT2D eigenvalue weighted by molar-refractivity contribution is 5.93. The summed E-state index contributed by atoms with van der Waals surface area (Å²) in [5, 5.41) is 3.68. The van der Waals surface area contributed by atoms with Crippen molar-refractivity contribution in [3.63, 3.8) is 0 Å². The number of nitrogens with one attached hydrogen (secondary N) is 1. The number of fused-ring (bicyclic) bond motifs is 1. The fourth-order valence-electron chi connectivity index (χ4n) is 3.08. The maximum atomic E-state index is 12.2. The van der Waals surface area contributed by atoms with Gasteiger partial charge < -0.3 is 19.4 Å². The van der Waals surface area contributed by atoms with Gasteiger partial charge in [-0.15, -0.1) is 0 Å². The SMILES string of the molecule is CC(Oc1ccc2c(-c3ccccc3)cc(=O)oc2c1)C(=O)NCCCN(C)C. The van der Waals surface area contributed by atoms with E-state index >= 15 is 0 Å². The maximum Gasteiger partial charge on any atom is 0.336 e. The summed E-state index contributed by atoms with van der Waals surface area (Å²) in [5.74, 6) is 0.296. The van der Waals surface area contributed by atoms with E-state index in [1.54, 1.807) is 19.1 Å². The Labute approximate surface area is 170 Å². The second-order valence-electron chi connectivity index (χ2n) is 7.21. The van der Waals surface area contributed by atoms with Crippen LogP contribution in [-0.4, -0.2) is 44.1 Å². The summed E-state index contributed by atoms with van der Waals surface area (Å²) in [6, 6.07) is 16.4. The first kappa shape index (κ1) is 20.6. The summed E-state index contributed by atoms with van der Waals surface area (Å²) in [6.45, 7) is 3.20. The number of benzene rings is 2. The number of amides is 1. The van der Waals surface area contributed by atoms with E-state index in [1.165, 1.54) is 6.07 Å². The van der Waals surface area contributed by atoms with Crippen molar-refractivity contribution in [2.75, 3.05) is 27.2 Å². The molecular formula is C23H26N2O4. The van der Waals surface area contributed by atoms with Gasteiger partial charge >= 0.3 is 5.63 Å².